The van der Waals surface area contributed by atoms with Crippen molar-refractivity contribution in [3.63, 3.8) is 0 Å². The monoisotopic (exact) mass is 502 g/mol. The first-order valence-electron chi connectivity index (χ1n) is 11.7. The van der Waals surface area contributed by atoms with Gasteiger partial charge in [-0.05, 0) is 44.0 Å². The van der Waals surface area contributed by atoms with E-state index in [0.717, 1.165) is 0 Å². The summed E-state index contributed by atoms with van der Waals surface area (Å²) in [6.45, 7) is 1.71. The van der Waals surface area contributed by atoms with Crippen molar-refractivity contribution in [2.75, 3.05) is 12.8 Å². The summed E-state index contributed by atoms with van der Waals surface area (Å²) in [6, 6.07) is 11.8. The number of hydrogen-bond donors (Lipinski definition) is 3. The van der Waals surface area contributed by atoms with Crippen molar-refractivity contribution in [1.82, 2.24) is 24.5 Å². The van der Waals surface area contributed by atoms with E-state index < -0.39 is 22.5 Å². The fourth-order valence-corrected chi connectivity index (χ4v) is 5.22. The number of hydrogen-bond acceptors (Lipinski definition) is 7. The molecule has 3 heterocycles. The number of aromatic amines is 1. The van der Waals surface area contributed by atoms with Gasteiger partial charge in [0.2, 0.25) is 0 Å². The maximum atomic E-state index is 16.3. The van der Waals surface area contributed by atoms with E-state index in [-0.39, 0.29) is 39.1 Å². The van der Waals surface area contributed by atoms with E-state index in [1.807, 2.05) is 6.07 Å². The van der Waals surface area contributed by atoms with Gasteiger partial charge in [-0.3, -0.25) is 14.2 Å². The lowest BCUT2D eigenvalue weighted by molar-refractivity contribution is -0.0320. The number of ether oxygens (including phenoxy) is 1. The van der Waals surface area contributed by atoms with Gasteiger partial charge in [-0.1, -0.05) is 18.2 Å². The van der Waals surface area contributed by atoms with Crippen LogP contribution in [0.5, 0.6) is 5.75 Å². The summed E-state index contributed by atoms with van der Waals surface area (Å²) in [7, 11) is 1.44. The second-order valence-electron chi connectivity index (χ2n) is 9.59. The Morgan fingerprint density at radius 1 is 1.16 bits per heavy atom. The van der Waals surface area contributed by atoms with Gasteiger partial charge in [0, 0.05) is 17.0 Å². The predicted molar refractivity (Wildman–Crippen MR) is 136 cm³/mol. The number of nitrogens with one attached hydrogen (secondary N) is 1. The normalized spacial score (nSPS) is 19.3. The first-order chi connectivity index (χ1) is 17.7. The number of anilines is 1. The zero-order valence-corrected chi connectivity index (χ0v) is 20.0. The average Bonchev–Trinajstić information content (AvgIpc) is 3.27. The molecule has 1 aliphatic carbocycles. The van der Waals surface area contributed by atoms with Gasteiger partial charge in [0.05, 0.1) is 35.4 Å². The van der Waals surface area contributed by atoms with Crippen LogP contribution in [0.4, 0.5) is 10.2 Å². The molecule has 2 aromatic carbocycles. The summed E-state index contributed by atoms with van der Waals surface area (Å²) in [5, 5.41) is 21.3. The molecule has 188 valence electrons. The average molecular weight is 503 g/mol. The van der Waals surface area contributed by atoms with Crippen LogP contribution in [0.2, 0.25) is 0 Å². The van der Waals surface area contributed by atoms with Crippen LogP contribution in [0.25, 0.3) is 33.1 Å². The standard InChI is InChI=1S/C26H23FN6O4/c1-26(36)10-13(11-26)21-19-22(23(28)29-30-24(19)34)33(31-21)16-9-8-15-17(37-2)12-32(14-6-4-3-5-7-14)25(35)18(15)20(16)27/h3-9,12-13,36H,10-11H2,1-2H3,(H2,28,29)(H,30,34). The van der Waals surface area contributed by atoms with Gasteiger partial charge in [-0.2, -0.15) is 10.2 Å². The van der Waals surface area contributed by atoms with Crippen molar-refractivity contribution >= 4 is 27.5 Å². The molecule has 3 aromatic heterocycles. The summed E-state index contributed by atoms with van der Waals surface area (Å²) >= 11 is 0. The van der Waals surface area contributed by atoms with Crippen LogP contribution in [0.1, 0.15) is 31.4 Å². The van der Waals surface area contributed by atoms with Gasteiger partial charge >= 0.3 is 0 Å². The van der Waals surface area contributed by atoms with Gasteiger partial charge < -0.3 is 15.6 Å². The molecule has 0 unspecified atom stereocenters. The Labute approximate surface area is 208 Å². The summed E-state index contributed by atoms with van der Waals surface area (Å²) in [5.41, 5.74) is 5.14. The SMILES string of the molecule is COc1cn(-c2ccccc2)c(=O)c2c(F)c(-n3nc(C4CC(C)(O)C4)c4c(=O)[nH]nc(N)c43)ccc12. The molecule has 1 saturated carbocycles. The van der Waals surface area contributed by atoms with E-state index in [2.05, 4.69) is 15.3 Å². The summed E-state index contributed by atoms with van der Waals surface area (Å²) in [6.07, 6.45) is 2.30. The van der Waals surface area contributed by atoms with E-state index >= 15 is 4.39 Å². The number of pyridine rings is 1. The van der Waals surface area contributed by atoms with Crippen LogP contribution in [-0.4, -0.2) is 42.4 Å². The number of aliphatic hydroxyl groups is 1. The van der Waals surface area contributed by atoms with E-state index in [1.54, 1.807) is 37.3 Å². The van der Waals surface area contributed by atoms with Crippen LogP contribution in [0, 0.1) is 5.82 Å². The third-order valence-corrected chi connectivity index (χ3v) is 6.97. The van der Waals surface area contributed by atoms with Crippen molar-refractivity contribution in [1.29, 1.82) is 0 Å². The molecule has 5 aromatic rings. The van der Waals surface area contributed by atoms with Crippen LogP contribution >= 0.6 is 0 Å². The quantitative estimate of drug-likeness (QED) is 0.343. The highest BCUT2D eigenvalue weighted by atomic mass is 19.1. The number of methoxy groups -OCH3 is 1. The van der Waals surface area contributed by atoms with Gasteiger partial charge in [-0.25, -0.2) is 14.2 Å². The molecular formula is C26H23FN6O4. The molecule has 0 amide bonds. The van der Waals surface area contributed by atoms with Crippen LogP contribution < -0.4 is 21.6 Å². The number of aromatic nitrogens is 5. The van der Waals surface area contributed by atoms with Crippen molar-refractivity contribution in [3.8, 4) is 17.1 Å². The largest absolute Gasteiger partial charge is 0.495 e. The van der Waals surface area contributed by atoms with Gasteiger partial charge in [-0.15, -0.1) is 0 Å². The van der Waals surface area contributed by atoms with Gasteiger partial charge in [0.1, 0.15) is 17.0 Å². The lowest BCUT2D eigenvalue weighted by Gasteiger charge is -2.40. The molecule has 4 N–H and O–H groups in total. The molecule has 0 bridgehead atoms. The first kappa shape index (κ1) is 22.9. The van der Waals surface area contributed by atoms with Crippen molar-refractivity contribution < 1.29 is 14.2 Å². The molecule has 0 saturated heterocycles. The molecule has 10 nitrogen and oxygen atoms in total. The van der Waals surface area contributed by atoms with Crippen LogP contribution in [-0.2, 0) is 0 Å². The predicted octanol–water partition coefficient (Wildman–Crippen LogP) is 2.77. The van der Waals surface area contributed by atoms with E-state index in [4.69, 9.17) is 10.5 Å². The summed E-state index contributed by atoms with van der Waals surface area (Å²) < 4.78 is 24.3. The van der Waals surface area contributed by atoms with Crippen LogP contribution in [0.15, 0.2) is 58.3 Å². The molecular weight excluding hydrogens is 479 g/mol. The number of H-pyrrole nitrogens is 1. The lowest BCUT2D eigenvalue weighted by Crippen LogP contribution is -2.39. The Kier molecular flexibility index (Phi) is 4.96. The molecule has 0 atom stereocenters. The minimum atomic E-state index is -0.876. The van der Waals surface area contributed by atoms with E-state index in [9.17, 15) is 14.7 Å². The van der Waals surface area contributed by atoms with Crippen molar-refractivity contribution in [3.05, 3.63) is 80.9 Å². The van der Waals surface area contributed by atoms with Crippen molar-refractivity contribution in [2.24, 2.45) is 0 Å². The molecule has 1 fully saturated rings. The maximum absolute atomic E-state index is 16.3. The maximum Gasteiger partial charge on any atom is 0.275 e. The Morgan fingerprint density at radius 3 is 2.57 bits per heavy atom. The molecule has 37 heavy (non-hydrogen) atoms. The summed E-state index contributed by atoms with van der Waals surface area (Å²) in [5.74, 6) is -0.807. The number of fused-ring (bicyclic) bond motifs is 2. The highest BCUT2D eigenvalue weighted by molar-refractivity contribution is 5.93. The zero-order valence-electron chi connectivity index (χ0n) is 20.0. The molecule has 0 aliphatic heterocycles. The van der Waals surface area contributed by atoms with Gasteiger partial charge in [0.15, 0.2) is 11.6 Å². The number of benzene rings is 2. The number of para-hydroxylation sites is 1. The highest BCUT2D eigenvalue weighted by Crippen LogP contribution is 2.46. The minimum absolute atomic E-state index is 0.0498. The topological polar surface area (TPSA) is 141 Å². The van der Waals surface area contributed by atoms with E-state index in [1.165, 1.54) is 28.6 Å². The fourth-order valence-electron chi connectivity index (χ4n) is 5.22. The number of rotatable bonds is 4. The number of halogens is 1. The molecule has 6 rings (SSSR count). The zero-order chi connectivity index (χ0) is 26.1. The Hall–Kier alpha value is -4.51. The number of nitrogens with two attached hydrogens (primary N) is 1. The molecule has 1 aliphatic rings. The molecule has 11 heteroatoms. The molecule has 0 spiro atoms. The Bertz CT molecular complexity index is 1820. The van der Waals surface area contributed by atoms with Crippen LogP contribution in [0.3, 0.4) is 0 Å². The first-order valence-corrected chi connectivity index (χ1v) is 11.7. The van der Waals surface area contributed by atoms with Gasteiger partial charge in [0.25, 0.3) is 11.1 Å². The summed E-state index contributed by atoms with van der Waals surface area (Å²) in [4.78, 5) is 26.3. The van der Waals surface area contributed by atoms with E-state index in [0.29, 0.717) is 30.0 Å². The Morgan fingerprint density at radius 2 is 1.89 bits per heavy atom. The smallest absolute Gasteiger partial charge is 0.275 e. The minimum Gasteiger partial charge on any atom is -0.495 e. The van der Waals surface area contributed by atoms with Crippen molar-refractivity contribution in [2.45, 2.75) is 31.3 Å². The Balaban J connectivity index is 1.65. The third-order valence-electron chi connectivity index (χ3n) is 6.97. The fraction of sp³-hybridized carbons (Fsp3) is 0.231. The molecule has 0 radical (unpaired) electrons. The second-order valence-corrected chi connectivity index (χ2v) is 9.59. The highest BCUT2D eigenvalue weighted by Gasteiger charge is 2.42. The lowest BCUT2D eigenvalue weighted by atomic mass is 9.70. The third kappa shape index (κ3) is 3.42. The number of nitrogens with zero attached hydrogens (tertiary/aromatic N) is 4. The number of nitrogen functional groups attached to an aromatic ring is 1. The second kappa shape index (κ2) is 8.00.